The molecular formula is C18H38S. The summed E-state index contributed by atoms with van der Waals surface area (Å²) in [6.07, 6.45) is 20.1. The zero-order chi connectivity index (χ0) is 14.2. The molecule has 0 heterocycles. The fourth-order valence-electron chi connectivity index (χ4n) is 2.83. The maximum Gasteiger partial charge on any atom is -0.00979 e. The predicted octanol–water partition coefficient (Wildman–Crippen LogP) is 7.03. The number of rotatable bonds is 15. The van der Waals surface area contributed by atoms with E-state index in [2.05, 4.69) is 26.5 Å². The monoisotopic (exact) mass is 286 g/mol. The first-order valence-corrected chi connectivity index (χ1v) is 9.55. The molecule has 0 saturated carbocycles. The molecule has 1 atom stereocenters. The quantitative estimate of drug-likeness (QED) is 0.242. The molecule has 0 aliphatic rings. The third kappa shape index (κ3) is 16.3. The molecule has 116 valence electrons. The van der Waals surface area contributed by atoms with Gasteiger partial charge in [0.1, 0.15) is 0 Å². The Kier molecular flexibility index (Phi) is 16.7. The Balaban J connectivity index is 2.99. The summed E-state index contributed by atoms with van der Waals surface area (Å²) in [5.41, 5.74) is 0. The molecule has 0 spiro atoms. The average molecular weight is 287 g/mol. The molecule has 0 fully saturated rings. The second kappa shape index (κ2) is 16.4. The van der Waals surface area contributed by atoms with Crippen molar-refractivity contribution in [1.82, 2.24) is 0 Å². The molecule has 0 N–H and O–H groups in total. The number of hydrogen-bond donors (Lipinski definition) is 1. The maximum absolute atomic E-state index is 4.24. The summed E-state index contributed by atoms with van der Waals surface area (Å²) >= 11 is 4.24. The van der Waals surface area contributed by atoms with Gasteiger partial charge in [0.2, 0.25) is 0 Å². The van der Waals surface area contributed by atoms with Gasteiger partial charge in [0.25, 0.3) is 0 Å². The molecule has 19 heavy (non-hydrogen) atoms. The van der Waals surface area contributed by atoms with Crippen LogP contribution in [-0.4, -0.2) is 5.75 Å². The van der Waals surface area contributed by atoms with E-state index in [0.717, 1.165) is 11.7 Å². The van der Waals surface area contributed by atoms with Crippen molar-refractivity contribution in [1.29, 1.82) is 0 Å². The van der Waals surface area contributed by atoms with E-state index >= 15 is 0 Å². The molecule has 0 aliphatic carbocycles. The molecule has 0 rings (SSSR count). The molecule has 0 aliphatic heterocycles. The van der Waals surface area contributed by atoms with Gasteiger partial charge in [-0.1, -0.05) is 97.3 Å². The summed E-state index contributed by atoms with van der Waals surface area (Å²) in [5, 5.41) is 0. The Morgan fingerprint density at radius 2 is 1.05 bits per heavy atom. The van der Waals surface area contributed by atoms with Gasteiger partial charge in [-0.2, -0.15) is 12.6 Å². The lowest BCUT2D eigenvalue weighted by molar-refractivity contribution is 0.450. The fourth-order valence-corrected chi connectivity index (χ4v) is 3.06. The Morgan fingerprint density at radius 3 is 1.47 bits per heavy atom. The maximum atomic E-state index is 4.24. The van der Waals surface area contributed by atoms with Crippen LogP contribution in [0.1, 0.15) is 104 Å². The van der Waals surface area contributed by atoms with Gasteiger partial charge in [-0.3, -0.25) is 0 Å². The van der Waals surface area contributed by atoms with E-state index in [1.165, 1.54) is 89.9 Å². The molecule has 0 aromatic heterocycles. The Bertz CT molecular complexity index is 156. The standard InChI is InChI=1S/C18H38S/c1-3-15-18(2)16-13-11-9-7-5-4-6-8-10-12-14-17-19/h18-19H,3-17H2,1-2H3. The minimum atomic E-state index is 0.960. The van der Waals surface area contributed by atoms with Crippen molar-refractivity contribution in [2.75, 3.05) is 5.75 Å². The second-order valence-electron chi connectivity index (χ2n) is 6.30. The molecule has 1 heteroatoms. The first-order chi connectivity index (χ1) is 9.31. The van der Waals surface area contributed by atoms with Gasteiger partial charge in [0, 0.05) is 0 Å². The smallest absolute Gasteiger partial charge is 0.00979 e. The topological polar surface area (TPSA) is 0 Å². The van der Waals surface area contributed by atoms with Crippen molar-refractivity contribution in [3.05, 3.63) is 0 Å². The molecule has 1 unspecified atom stereocenters. The molecule has 0 amide bonds. The molecule has 0 aromatic carbocycles. The molecule has 0 radical (unpaired) electrons. The molecular weight excluding hydrogens is 248 g/mol. The van der Waals surface area contributed by atoms with Gasteiger partial charge < -0.3 is 0 Å². The molecule has 0 nitrogen and oxygen atoms in total. The summed E-state index contributed by atoms with van der Waals surface area (Å²) in [6.45, 7) is 4.71. The van der Waals surface area contributed by atoms with Crippen LogP contribution in [-0.2, 0) is 0 Å². The van der Waals surface area contributed by atoms with Gasteiger partial charge in [0.15, 0.2) is 0 Å². The van der Waals surface area contributed by atoms with Crippen LogP contribution in [0.15, 0.2) is 0 Å². The van der Waals surface area contributed by atoms with E-state index in [1.807, 2.05) is 0 Å². The largest absolute Gasteiger partial charge is 0.179 e. The zero-order valence-corrected chi connectivity index (χ0v) is 14.5. The first-order valence-electron chi connectivity index (χ1n) is 8.92. The third-order valence-corrected chi connectivity index (χ3v) is 4.45. The van der Waals surface area contributed by atoms with Crippen molar-refractivity contribution >= 4 is 12.6 Å². The lowest BCUT2D eigenvalue weighted by Crippen LogP contribution is -1.93. The van der Waals surface area contributed by atoms with E-state index in [-0.39, 0.29) is 0 Å². The average Bonchev–Trinajstić information content (AvgIpc) is 2.40. The lowest BCUT2D eigenvalue weighted by atomic mass is 9.98. The summed E-state index contributed by atoms with van der Waals surface area (Å²) in [5.74, 6) is 2.03. The van der Waals surface area contributed by atoms with Crippen molar-refractivity contribution in [2.45, 2.75) is 104 Å². The number of hydrogen-bond acceptors (Lipinski definition) is 1. The van der Waals surface area contributed by atoms with Gasteiger partial charge in [-0.25, -0.2) is 0 Å². The van der Waals surface area contributed by atoms with Crippen LogP contribution in [0.5, 0.6) is 0 Å². The number of unbranched alkanes of at least 4 members (excludes halogenated alkanes) is 10. The van der Waals surface area contributed by atoms with E-state index < -0.39 is 0 Å². The Hall–Kier alpha value is 0.350. The van der Waals surface area contributed by atoms with Crippen LogP contribution in [0.4, 0.5) is 0 Å². The van der Waals surface area contributed by atoms with Crippen LogP contribution in [0.3, 0.4) is 0 Å². The molecule has 0 saturated heterocycles. The highest BCUT2D eigenvalue weighted by molar-refractivity contribution is 7.80. The summed E-state index contributed by atoms with van der Waals surface area (Å²) in [7, 11) is 0. The molecule has 0 bridgehead atoms. The third-order valence-electron chi connectivity index (χ3n) is 4.14. The van der Waals surface area contributed by atoms with E-state index in [9.17, 15) is 0 Å². The SMILES string of the molecule is CCCC(C)CCCCCCCCCCCCCS. The van der Waals surface area contributed by atoms with E-state index in [1.54, 1.807) is 0 Å². The van der Waals surface area contributed by atoms with E-state index in [0.29, 0.717) is 0 Å². The predicted molar refractivity (Wildman–Crippen MR) is 93.3 cm³/mol. The lowest BCUT2D eigenvalue weighted by Gasteiger charge is -2.09. The van der Waals surface area contributed by atoms with Crippen LogP contribution in [0.25, 0.3) is 0 Å². The van der Waals surface area contributed by atoms with Crippen LogP contribution < -0.4 is 0 Å². The van der Waals surface area contributed by atoms with Crippen molar-refractivity contribution in [3.8, 4) is 0 Å². The minimum absolute atomic E-state index is 0.960. The van der Waals surface area contributed by atoms with Gasteiger partial charge in [-0.15, -0.1) is 0 Å². The van der Waals surface area contributed by atoms with Crippen LogP contribution in [0, 0.1) is 5.92 Å². The number of thiol groups is 1. The highest BCUT2D eigenvalue weighted by Crippen LogP contribution is 2.16. The van der Waals surface area contributed by atoms with E-state index in [4.69, 9.17) is 0 Å². The van der Waals surface area contributed by atoms with Crippen molar-refractivity contribution in [3.63, 3.8) is 0 Å². The molecule has 0 aromatic rings. The summed E-state index contributed by atoms with van der Waals surface area (Å²) in [4.78, 5) is 0. The minimum Gasteiger partial charge on any atom is -0.179 e. The van der Waals surface area contributed by atoms with Gasteiger partial charge in [0.05, 0.1) is 0 Å². The zero-order valence-electron chi connectivity index (χ0n) is 13.6. The van der Waals surface area contributed by atoms with Crippen LogP contribution >= 0.6 is 12.6 Å². The first kappa shape index (κ1) is 19.4. The summed E-state index contributed by atoms with van der Waals surface area (Å²) < 4.78 is 0. The highest BCUT2D eigenvalue weighted by atomic mass is 32.1. The fraction of sp³-hybridized carbons (Fsp3) is 1.00. The van der Waals surface area contributed by atoms with Crippen LogP contribution in [0.2, 0.25) is 0 Å². The van der Waals surface area contributed by atoms with Gasteiger partial charge in [-0.05, 0) is 18.1 Å². The van der Waals surface area contributed by atoms with Crippen molar-refractivity contribution in [2.24, 2.45) is 5.92 Å². The highest BCUT2D eigenvalue weighted by Gasteiger charge is 1.99. The normalized spacial score (nSPS) is 12.8. The second-order valence-corrected chi connectivity index (χ2v) is 6.74. The Labute approximate surface area is 128 Å². The van der Waals surface area contributed by atoms with Gasteiger partial charge >= 0.3 is 0 Å². The summed E-state index contributed by atoms with van der Waals surface area (Å²) in [6, 6.07) is 0. The van der Waals surface area contributed by atoms with Crippen molar-refractivity contribution < 1.29 is 0 Å². The Morgan fingerprint density at radius 1 is 0.632 bits per heavy atom.